The van der Waals surface area contributed by atoms with Crippen molar-refractivity contribution in [2.24, 2.45) is 11.8 Å². The van der Waals surface area contributed by atoms with Gasteiger partial charge in [-0.25, -0.2) is 5.01 Å². The standard InChI is InChI=1S/C25H14Cl8N2O4/c1-10(17(36)11-2-6-13(26)7-3-11)34(20(37)12-4-8-14(27)9-5-12)35-21(38)15-16(22(35)39)24(31)19(29)18(28)23(15,30)25(24,32)33/h2-10,15-16H,1H3/t10-,15-,16+,23+,24+/m0/s1. The number of nitrogens with zero attached hydrogens (tertiary/aromatic N) is 2. The quantitative estimate of drug-likeness (QED) is 0.191. The predicted molar refractivity (Wildman–Crippen MR) is 152 cm³/mol. The van der Waals surface area contributed by atoms with Crippen LogP contribution in [0.4, 0.5) is 0 Å². The highest BCUT2D eigenvalue weighted by atomic mass is 35.5. The van der Waals surface area contributed by atoms with Gasteiger partial charge in [0.05, 0.1) is 21.9 Å². The maximum Gasteiger partial charge on any atom is 0.273 e. The fourth-order valence-electron chi connectivity index (χ4n) is 5.32. The van der Waals surface area contributed by atoms with Crippen LogP contribution in [0.5, 0.6) is 0 Å². The smallest absolute Gasteiger partial charge is 0.273 e. The van der Waals surface area contributed by atoms with E-state index in [1.54, 1.807) is 0 Å². The van der Waals surface area contributed by atoms with Gasteiger partial charge in [-0.15, -0.1) is 23.2 Å². The number of imide groups is 1. The van der Waals surface area contributed by atoms with Crippen molar-refractivity contribution in [2.75, 3.05) is 0 Å². The second-order valence-corrected chi connectivity index (χ2v) is 13.4. The number of halogens is 8. The van der Waals surface area contributed by atoms with E-state index >= 15 is 0 Å². The Hall–Kier alpha value is -1.22. The van der Waals surface area contributed by atoms with Gasteiger partial charge in [-0.05, 0) is 55.5 Å². The molecule has 0 aromatic heterocycles. The normalized spacial score (nSPS) is 29.6. The molecule has 204 valence electrons. The van der Waals surface area contributed by atoms with Crippen molar-refractivity contribution in [2.45, 2.75) is 27.0 Å². The third kappa shape index (κ3) is 3.76. The Morgan fingerprint density at radius 1 is 0.744 bits per heavy atom. The molecule has 2 aromatic rings. The maximum atomic E-state index is 14.0. The summed E-state index contributed by atoms with van der Waals surface area (Å²) in [5.41, 5.74) is 0.214. The zero-order valence-corrected chi connectivity index (χ0v) is 25.4. The monoisotopic (exact) mass is 686 g/mol. The molecule has 0 spiro atoms. The molecule has 2 fully saturated rings. The molecule has 0 N–H and O–H groups in total. The minimum Gasteiger partial charge on any atom is -0.292 e. The zero-order valence-electron chi connectivity index (χ0n) is 19.4. The van der Waals surface area contributed by atoms with Gasteiger partial charge in [0.2, 0.25) is 0 Å². The number of rotatable bonds is 5. The number of hydrazine groups is 1. The second-order valence-electron chi connectivity index (χ2n) is 9.27. The van der Waals surface area contributed by atoms with Crippen LogP contribution in [0.1, 0.15) is 27.6 Å². The fraction of sp³-hybridized carbons (Fsp3) is 0.280. The van der Waals surface area contributed by atoms with E-state index in [0.29, 0.717) is 15.1 Å². The number of hydrogen-bond donors (Lipinski definition) is 0. The molecular formula is C25H14Cl8N2O4. The van der Waals surface area contributed by atoms with Crippen LogP contribution < -0.4 is 0 Å². The Bertz CT molecular complexity index is 1430. The minimum absolute atomic E-state index is 0.0372. The lowest BCUT2D eigenvalue weighted by atomic mass is 9.84. The Kier molecular flexibility index (Phi) is 7.26. The summed E-state index contributed by atoms with van der Waals surface area (Å²) >= 11 is 51.4. The number of carbonyl (C=O) groups is 4. The maximum absolute atomic E-state index is 14.0. The number of amides is 3. The Morgan fingerprint density at radius 2 is 1.13 bits per heavy atom. The molecule has 0 radical (unpaired) electrons. The van der Waals surface area contributed by atoms with Crippen LogP contribution in [0.3, 0.4) is 0 Å². The average Bonchev–Trinajstić information content (AvgIpc) is 3.28. The predicted octanol–water partition coefficient (Wildman–Crippen LogP) is 7.07. The second kappa shape index (κ2) is 9.67. The third-order valence-electron chi connectivity index (χ3n) is 7.28. The summed E-state index contributed by atoms with van der Waals surface area (Å²) in [6, 6.07) is 10.2. The number of fused-ring (bicyclic) bond motifs is 5. The van der Waals surface area contributed by atoms with Crippen molar-refractivity contribution in [1.82, 2.24) is 10.0 Å². The highest BCUT2D eigenvalue weighted by Gasteiger charge is 2.88. The van der Waals surface area contributed by atoms with Crippen molar-refractivity contribution in [3.8, 4) is 0 Å². The molecule has 1 heterocycles. The van der Waals surface area contributed by atoms with Crippen molar-refractivity contribution < 1.29 is 19.2 Å². The SMILES string of the molecule is C[C@@H](C(=O)c1ccc(Cl)cc1)N(C(=O)c1ccc(Cl)cc1)N1C(=O)[C@@H]2[C@H](C1=O)[C@@]1(Cl)C(Cl)=C(Cl)[C@@]2(Cl)C1(Cl)Cl. The van der Waals surface area contributed by atoms with Gasteiger partial charge in [0.15, 0.2) is 10.1 Å². The van der Waals surface area contributed by atoms with Crippen LogP contribution >= 0.6 is 92.8 Å². The van der Waals surface area contributed by atoms with Crippen molar-refractivity contribution in [3.05, 3.63) is 79.8 Å². The van der Waals surface area contributed by atoms with Gasteiger partial charge in [-0.1, -0.05) is 69.6 Å². The van der Waals surface area contributed by atoms with E-state index < -0.39 is 55.5 Å². The highest BCUT2D eigenvalue weighted by Crippen LogP contribution is 2.77. The van der Waals surface area contributed by atoms with E-state index in [1.807, 2.05) is 0 Å². The summed E-state index contributed by atoms with van der Waals surface area (Å²) in [7, 11) is 0. The van der Waals surface area contributed by atoms with Crippen LogP contribution in [0.2, 0.25) is 10.0 Å². The topological polar surface area (TPSA) is 74.8 Å². The lowest BCUT2D eigenvalue weighted by Gasteiger charge is -2.38. The molecule has 5 atom stereocenters. The molecule has 1 aliphatic heterocycles. The molecule has 1 saturated carbocycles. The van der Waals surface area contributed by atoms with Gasteiger partial charge in [0.1, 0.15) is 15.8 Å². The van der Waals surface area contributed by atoms with Crippen LogP contribution in [0.25, 0.3) is 0 Å². The zero-order chi connectivity index (χ0) is 28.8. The number of allylic oxidation sites excluding steroid dienone is 2. The van der Waals surface area contributed by atoms with E-state index in [-0.39, 0.29) is 21.2 Å². The van der Waals surface area contributed by atoms with Crippen molar-refractivity contribution >= 4 is 116 Å². The summed E-state index contributed by atoms with van der Waals surface area (Å²) in [5, 5.41) is 1.48. The first-order valence-corrected chi connectivity index (χ1v) is 14.2. The summed E-state index contributed by atoms with van der Waals surface area (Å²) in [5.74, 6) is -6.38. The van der Waals surface area contributed by atoms with E-state index in [2.05, 4.69) is 0 Å². The average molecular weight is 690 g/mol. The Morgan fingerprint density at radius 3 is 1.54 bits per heavy atom. The van der Waals surface area contributed by atoms with E-state index in [4.69, 9.17) is 92.8 Å². The number of alkyl halides is 4. The molecule has 3 amide bonds. The first-order valence-electron chi connectivity index (χ1n) is 11.2. The highest BCUT2D eigenvalue weighted by molar-refractivity contribution is 6.66. The van der Waals surface area contributed by atoms with Crippen LogP contribution in [0, 0.1) is 11.8 Å². The van der Waals surface area contributed by atoms with Gasteiger partial charge in [0.25, 0.3) is 17.7 Å². The molecular weight excluding hydrogens is 676 g/mol. The molecule has 2 bridgehead atoms. The summed E-state index contributed by atoms with van der Waals surface area (Å²) in [4.78, 5) is 51.2. The molecule has 6 nitrogen and oxygen atoms in total. The number of benzene rings is 2. The molecule has 14 heteroatoms. The summed E-state index contributed by atoms with van der Waals surface area (Å²) < 4.78 is -2.15. The van der Waals surface area contributed by atoms with Gasteiger partial charge in [-0.3, -0.25) is 19.2 Å². The minimum atomic E-state index is -2.15. The molecule has 3 aliphatic rings. The fourth-order valence-corrected chi connectivity index (χ4v) is 8.50. The van der Waals surface area contributed by atoms with Gasteiger partial charge >= 0.3 is 0 Å². The lowest BCUT2D eigenvalue weighted by molar-refractivity contribution is -0.157. The molecule has 5 rings (SSSR count). The largest absolute Gasteiger partial charge is 0.292 e. The molecule has 39 heavy (non-hydrogen) atoms. The van der Waals surface area contributed by atoms with E-state index in [9.17, 15) is 19.2 Å². The number of ketones is 1. The molecule has 2 aliphatic carbocycles. The molecule has 0 unspecified atom stereocenters. The van der Waals surface area contributed by atoms with Crippen molar-refractivity contribution in [1.29, 1.82) is 0 Å². The number of hydrogen-bond acceptors (Lipinski definition) is 4. The third-order valence-corrected chi connectivity index (χ3v) is 12.0. The molecule has 2 aromatic carbocycles. The number of Topliss-reactive ketones (excluding diaryl/α,β-unsaturated/α-hetero) is 1. The van der Waals surface area contributed by atoms with Crippen LogP contribution in [-0.2, 0) is 9.59 Å². The first kappa shape index (κ1) is 29.3. The molecule has 1 saturated heterocycles. The van der Waals surface area contributed by atoms with E-state index in [1.165, 1.54) is 55.5 Å². The summed E-state index contributed by atoms with van der Waals surface area (Å²) in [6.45, 7) is 1.37. The number of carbonyl (C=O) groups excluding carboxylic acids is 4. The van der Waals surface area contributed by atoms with Gasteiger partial charge < -0.3 is 0 Å². The summed E-state index contributed by atoms with van der Waals surface area (Å²) in [6.07, 6.45) is 0. The lowest BCUT2D eigenvalue weighted by Crippen LogP contribution is -2.59. The first-order chi connectivity index (χ1) is 18.1. The van der Waals surface area contributed by atoms with Crippen molar-refractivity contribution in [3.63, 3.8) is 0 Å². The Labute approximate surface area is 262 Å². The van der Waals surface area contributed by atoms with Gasteiger partial charge in [-0.2, -0.15) is 5.01 Å². The van der Waals surface area contributed by atoms with Crippen LogP contribution in [0.15, 0.2) is 58.6 Å². The Balaban J connectivity index is 1.63. The van der Waals surface area contributed by atoms with Gasteiger partial charge in [0, 0.05) is 21.2 Å². The van der Waals surface area contributed by atoms with Crippen LogP contribution in [-0.4, -0.2) is 53.6 Å². The van der Waals surface area contributed by atoms with E-state index in [0.717, 1.165) is 5.01 Å².